The molecule has 0 spiro atoms. The summed E-state index contributed by atoms with van der Waals surface area (Å²) in [4.78, 5) is 0.209. The number of sulfonamides is 1. The van der Waals surface area contributed by atoms with Crippen molar-refractivity contribution in [2.45, 2.75) is 18.2 Å². The van der Waals surface area contributed by atoms with Crippen LogP contribution in [0.5, 0.6) is 0 Å². The summed E-state index contributed by atoms with van der Waals surface area (Å²) in [6, 6.07) is 11.8. The highest BCUT2D eigenvalue weighted by molar-refractivity contribution is 7.92. The molecule has 0 heterocycles. The maximum atomic E-state index is 12.4. The molecule has 21 heavy (non-hydrogen) atoms. The monoisotopic (exact) mass is 343 g/mol. The van der Waals surface area contributed by atoms with E-state index in [1.54, 1.807) is 42.5 Å². The second-order valence-electron chi connectivity index (χ2n) is 4.65. The fourth-order valence-electron chi connectivity index (χ4n) is 1.85. The summed E-state index contributed by atoms with van der Waals surface area (Å²) < 4.78 is 27.3. The van der Waals surface area contributed by atoms with E-state index in [0.717, 1.165) is 11.1 Å². The second kappa shape index (κ2) is 6.69. The number of halogens is 2. The lowest BCUT2D eigenvalue weighted by Gasteiger charge is -2.11. The number of nitrogens with one attached hydrogen (secondary N) is 1. The maximum absolute atomic E-state index is 12.4. The average molecular weight is 344 g/mol. The number of benzene rings is 2. The van der Waals surface area contributed by atoms with Crippen molar-refractivity contribution >= 4 is 38.9 Å². The van der Waals surface area contributed by atoms with E-state index in [1.165, 1.54) is 0 Å². The summed E-state index contributed by atoms with van der Waals surface area (Å²) in [5, 5.41) is 0.482. The molecule has 0 saturated carbocycles. The van der Waals surface area contributed by atoms with E-state index in [0.29, 0.717) is 23.0 Å². The van der Waals surface area contributed by atoms with Crippen molar-refractivity contribution in [2.24, 2.45) is 0 Å². The van der Waals surface area contributed by atoms with E-state index in [1.807, 2.05) is 6.92 Å². The lowest BCUT2D eigenvalue weighted by atomic mass is 10.2. The van der Waals surface area contributed by atoms with Gasteiger partial charge in [-0.25, -0.2) is 8.42 Å². The third-order valence-electron chi connectivity index (χ3n) is 3.06. The van der Waals surface area contributed by atoms with Crippen molar-refractivity contribution in [3.63, 3.8) is 0 Å². The van der Waals surface area contributed by atoms with Crippen LogP contribution < -0.4 is 4.72 Å². The van der Waals surface area contributed by atoms with Gasteiger partial charge in [0.05, 0.1) is 10.6 Å². The minimum Gasteiger partial charge on any atom is -0.279 e. The highest BCUT2D eigenvalue weighted by atomic mass is 35.5. The van der Waals surface area contributed by atoms with Gasteiger partial charge in [-0.1, -0.05) is 29.8 Å². The highest BCUT2D eigenvalue weighted by Gasteiger charge is 2.15. The highest BCUT2D eigenvalue weighted by Crippen LogP contribution is 2.23. The summed E-state index contributed by atoms with van der Waals surface area (Å²) in [5.74, 6) is 0.506. The van der Waals surface area contributed by atoms with Gasteiger partial charge in [-0.2, -0.15) is 0 Å². The molecule has 0 radical (unpaired) electrons. The van der Waals surface area contributed by atoms with Crippen LogP contribution in [0.15, 0.2) is 47.4 Å². The molecule has 0 unspecified atom stereocenters. The predicted octanol–water partition coefficient (Wildman–Crippen LogP) is 4.23. The fourth-order valence-corrected chi connectivity index (χ4v) is 3.36. The SMILES string of the molecule is Cc1ccc(Cl)cc1NS(=O)(=O)c1ccc(CCCl)cc1. The Balaban J connectivity index is 2.27. The molecule has 0 atom stereocenters. The van der Waals surface area contributed by atoms with Gasteiger partial charge < -0.3 is 0 Å². The Kier molecular flexibility index (Phi) is 5.14. The van der Waals surface area contributed by atoms with Gasteiger partial charge in [-0.3, -0.25) is 4.72 Å². The minimum absolute atomic E-state index is 0.209. The van der Waals surface area contributed by atoms with Crippen LogP contribution >= 0.6 is 23.2 Å². The van der Waals surface area contributed by atoms with E-state index < -0.39 is 10.0 Å². The molecule has 3 nitrogen and oxygen atoms in total. The summed E-state index contributed by atoms with van der Waals surface area (Å²) in [6.07, 6.45) is 0.711. The Labute approximate surface area is 135 Å². The van der Waals surface area contributed by atoms with Crippen LogP contribution in [-0.2, 0) is 16.4 Å². The summed E-state index contributed by atoms with van der Waals surface area (Å²) >= 11 is 11.6. The first-order valence-electron chi connectivity index (χ1n) is 6.36. The Morgan fingerprint density at radius 2 is 1.76 bits per heavy atom. The topological polar surface area (TPSA) is 46.2 Å². The van der Waals surface area contributed by atoms with Gasteiger partial charge in [-0.15, -0.1) is 11.6 Å². The number of hydrogen-bond acceptors (Lipinski definition) is 2. The van der Waals surface area contributed by atoms with Crippen LogP contribution in [-0.4, -0.2) is 14.3 Å². The number of aryl methyl sites for hydroxylation is 2. The number of hydrogen-bond donors (Lipinski definition) is 1. The first-order valence-corrected chi connectivity index (χ1v) is 8.76. The molecule has 0 bridgehead atoms. The van der Waals surface area contributed by atoms with E-state index in [4.69, 9.17) is 23.2 Å². The van der Waals surface area contributed by atoms with Gasteiger partial charge in [0.25, 0.3) is 10.0 Å². The molecule has 2 aromatic carbocycles. The molecule has 2 rings (SSSR count). The predicted molar refractivity (Wildman–Crippen MR) is 87.9 cm³/mol. The summed E-state index contributed by atoms with van der Waals surface area (Å²) in [7, 11) is -3.63. The van der Waals surface area contributed by atoms with Crippen molar-refractivity contribution in [2.75, 3.05) is 10.6 Å². The van der Waals surface area contributed by atoms with Crippen LogP contribution in [0.1, 0.15) is 11.1 Å². The molecule has 0 fully saturated rings. The quantitative estimate of drug-likeness (QED) is 0.825. The zero-order valence-corrected chi connectivity index (χ0v) is 13.8. The fraction of sp³-hybridized carbons (Fsp3) is 0.200. The van der Waals surface area contributed by atoms with Crippen molar-refractivity contribution in [1.82, 2.24) is 0 Å². The van der Waals surface area contributed by atoms with Crippen molar-refractivity contribution in [3.8, 4) is 0 Å². The average Bonchev–Trinajstić information content (AvgIpc) is 2.44. The largest absolute Gasteiger partial charge is 0.279 e. The maximum Gasteiger partial charge on any atom is 0.261 e. The lowest BCUT2D eigenvalue weighted by molar-refractivity contribution is 0.601. The first-order chi connectivity index (χ1) is 9.92. The third-order valence-corrected chi connectivity index (χ3v) is 4.87. The van der Waals surface area contributed by atoms with Crippen LogP contribution in [0.3, 0.4) is 0 Å². The van der Waals surface area contributed by atoms with Crippen molar-refractivity contribution in [3.05, 3.63) is 58.6 Å². The van der Waals surface area contributed by atoms with Gasteiger partial charge in [0.15, 0.2) is 0 Å². The molecule has 0 aliphatic rings. The van der Waals surface area contributed by atoms with Crippen molar-refractivity contribution in [1.29, 1.82) is 0 Å². The van der Waals surface area contributed by atoms with E-state index >= 15 is 0 Å². The summed E-state index contributed by atoms with van der Waals surface area (Å²) in [5.41, 5.74) is 2.29. The normalized spacial score (nSPS) is 11.4. The van der Waals surface area contributed by atoms with Crippen molar-refractivity contribution < 1.29 is 8.42 Å². The van der Waals surface area contributed by atoms with Crippen LogP contribution in [0.2, 0.25) is 5.02 Å². The van der Waals surface area contributed by atoms with E-state index in [2.05, 4.69) is 4.72 Å². The molecule has 1 N–H and O–H groups in total. The third kappa shape index (κ3) is 4.13. The van der Waals surface area contributed by atoms with Crippen LogP contribution in [0.4, 0.5) is 5.69 Å². The Morgan fingerprint density at radius 3 is 2.38 bits per heavy atom. The molecular formula is C15H15Cl2NO2S. The Hall–Kier alpha value is -1.23. The molecular weight excluding hydrogens is 329 g/mol. The minimum atomic E-state index is -3.63. The smallest absolute Gasteiger partial charge is 0.261 e. The first kappa shape index (κ1) is 16.1. The Bertz CT molecular complexity index is 728. The molecule has 2 aromatic rings. The van der Waals surface area contributed by atoms with Gasteiger partial charge in [0.2, 0.25) is 0 Å². The molecule has 0 aliphatic heterocycles. The number of alkyl halides is 1. The zero-order valence-electron chi connectivity index (χ0n) is 11.4. The molecule has 0 amide bonds. The van der Waals surface area contributed by atoms with Gasteiger partial charge in [0.1, 0.15) is 0 Å². The van der Waals surface area contributed by atoms with Gasteiger partial charge >= 0.3 is 0 Å². The van der Waals surface area contributed by atoms with E-state index in [-0.39, 0.29) is 4.90 Å². The Morgan fingerprint density at radius 1 is 1.10 bits per heavy atom. The lowest BCUT2D eigenvalue weighted by Crippen LogP contribution is -2.13. The summed E-state index contributed by atoms with van der Waals surface area (Å²) in [6.45, 7) is 1.82. The van der Waals surface area contributed by atoms with Gasteiger partial charge in [0, 0.05) is 10.9 Å². The number of rotatable bonds is 5. The molecule has 0 aromatic heterocycles. The molecule has 112 valence electrons. The molecule has 0 aliphatic carbocycles. The zero-order chi connectivity index (χ0) is 15.5. The molecule has 6 heteroatoms. The molecule has 0 saturated heterocycles. The standard InChI is InChI=1S/C15H15Cl2NO2S/c1-11-2-5-13(17)10-15(11)18-21(19,20)14-6-3-12(4-7-14)8-9-16/h2-7,10,18H,8-9H2,1H3. The van der Waals surface area contributed by atoms with Gasteiger partial charge in [-0.05, 0) is 48.7 Å². The van der Waals surface area contributed by atoms with E-state index in [9.17, 15) is 8.42 Å². The van der Waals surface area contributed by atoms with Crippen LogP contribution in [0.25, 0.3) is 0 Å². The van der Waals surface area contributed by atoms with Crippen LogP contribution in [0, 0.1) is 6.92 Å². The second-order valence-corrected chi connectivity index (χ2v) is 7.14. The number of anilines is 1.